The van der Waals surface area contributed by atoms with Gasteiger partial charge in [0.25, 0.3) is 0 Å². The van der Waals surface area contributed by atoms with Crippen molar-refractivity contribution in [2.45, 2.75) is 31.3 Å². The number of rotatable bonds is 6. The van der Waals surface area contributed by atoms with Crippen LogP contribution >= 0.6 is 15.9 Å². The van der Waals surface area contributed by atoms with Crippen LogP contribution in [0.2, 0.25) is 0 Å². The maximum absolute atomic E-state index is 13.1. The molecule has 104 valence electrons. The van der Waals surface area contributed by atoms with E-state index < -0.39 is 0 Å². The van der Waals surface area contributed by atoms with Gasteiger partial charge in [-0.15, -0.1) is 0 Å². The monoisotopic (exact) mass is 329 g/mol. The largest absolute Gasteiger partial charge is 0.380 e. The first kappa shape index (κ1) is 14.3. The lowest BCUT2D eigenvalue weighted by atomic mass is 10.1. The minimum absolute atomic E-state index is 0.00614. The topological polar surface area (TPSA) is 67.2 Å². The average Bonchev–Trinajstić information content (AvgIpc) is 3.16. The Morgan fingerprint density at radius 1 is 1.53 bits per heavy atom. The third-order valence-electron chi connectivity index (χ3n) is 2.95. The lowest BCUT2D eigenvalue weighted by molar-refractivity contribution is -0.121. The molecule has 1 atom stereocenters. The van der Waals surface area contributed by atoms with Gasteiger partial charge in [0.2, 0.25) is 5.91 Å². The Kier molecular flexibility index (Phi) is 4.76. The molecule has 1 aliphatic rings. The van der Waals surface area contributed by atoms with Crippen molar-refractivity contribution in [1.82, 2.24) is 5.32 Å². The molecule has 6 heteroatoms. The van der Waals surface area contributed by atoms with E-state index in [1.165, 1.54) is 6.07 Å². The van der Waals surface area contributed by atoms with Gasteiger partial charge in [0.05, 0.1) is 4.47 Å². The number of hydrogen-bond donors (Lipinski definition) is 3. The molecule has 1 unspecified atom stereocenters. The highest BCUT2D eigenvalue weighted by Crippen LogP contribution is 2.21. The molecule has 0 saturated heterocycles. The molecule has 4 N–H and O–H groups in total. The quantitative estimate of drug-likeness (QED) is 0.747. The maximum atomic E-state index is 13.1. The van der Waals surface area contributed by atoms with Crippen molar-refractivity contribution >= 4 is 27.5 Å². The summed E-state index contributed by atoms with van der Waals surface area (Å²) < 4.78 is 13.5. The van der Waals surface area contributed by atoms with Crippen molar-refractivity contribution in [3.05, 3.63) is 28.5 Å². The molecule has 0 spiro atoms. The first-order valence-corrected chi connectivity index (χ1v) is 7.09. The van der Waals surface area contributed by atoms with E-state index in [9.17, 15) is 9.18 Å². The number of amides is 1. The maximum Gasteiger partial charge on any atom is 0.222 e. The summed E-state index contributed by atoms with van der Waals surface area (Å²) in [5.41, 5.74) is 6.39. The second kappa shape index (κ2) is 6.34. The Hall–Kier alpha value is -1.14. The summed E-state index contributed by atoms with van der Waals surface area (Å²) in [7, 11) is 0. The van der Waals surface area contributed by atoms with Gasteiger partial charge in [0.15, 0.2) is 0 Å². The van der Waals surface area contributed by atoms with E-state index in [0.29, 0.717) is 23.5 Å². The van der Waals surface area contributed by atoms with Crippen LogP contribution in [0.4, 0.5) is 10.1 Å². The van der Waals surface area contributed by atoms with Crippen LogP contribution in [0, 0.1) is 5.82 Å². The Bertz CT molecular complexity index is 465. The van der Waals surface area contributed by atoms with E-state index in [-0.39, 0.29) is 17.8 Å². The SMILES string of the molecule is NCC(CC(=O)NC1CC1)Nc1ccc(F)c(Br)c1. The fourth-order valence-corrected chi connectivity index (χ4v) is 2.13. The summed E-state index contributed by atoms with van der Waals surface area (Å²) in [6.45, 7) is 0.340. The van der Waals surface area contributed by atoms with Crippen molar-refractivity contribution in [3.63, 3.8) is 0 Å². The highest BCUT2D eigenvalue weighted by atomic mass is 79.9. The van der Waals surface area contributed by atoms with Crippen LogP contribution in [0.1, 0.15) is 19.3 Å². The van der Waals surface area contributed by atoms with E-state index in [0.717, 1.165) is 18.5 Å². The van der Waals surface area contributed by atoms with Crippen molar-refractivity contribution in [3.8, 4) is 0 Å². The zero-order chi connectivity index (χ0) is 13.8. The van der Waals surface area contributed by atoms with Gasteiger partial charge in [-0.25, -0.2) is 4.39 Å². The van der Waals surface area contributed by atoms with Gasteiger partial charge < -0.3 is 16.4 Å². The predicted molar refractivity (Wildman–Crippen MR) is 76.3 cm³/mol. The van der Waals surface area contributed by atoms with E-state index in [1.54, 1.807) is 12.1 Å². The zero-order valence-electron chi connectivity index (χ0n) is 10.5. The highest BCUT2D eigenvalue weighted by Gasteiger charge is 2.24. The van der Waals surface area contributed by atoms with Crippen LogP contribution in [0.15, 0.2) is 22.7 Å². The van der Waals surface area contributed by atoms with Gasteiger partial charge in [0, 0.05) is 30.7 Å². The van der Waals surface area contributed by atoms with Gasteiger partial charge in [0.1, 0.15) is 5.82 Å². The number of carbonyl (C=O) groups is 1. The predicted octanol–water partition coefficient (Wildman–Crippen LogP) is 2.00. The molecule has 0 heterocycles. The minimum Gasteiger partial charge on any atom is -0.380 e. The lowest BCUT2D eigenvalue weighted by Gasteiger charge is -2.18. The molecule has 0 aliphatic heterocycles. The molecular weight excluding hydrogens is 313 g/mol. The number of carbonyl (C=O) groups excluding carboxylic acids is 1. The van der Waals surface area contributed by atoms with Crippen LogP contribution in [0.3, 0.4) is 0 Å². The van der Waals surface area contributed by atoms with Crippen molar-refractivity contribution in [1.29, 1.82) is 0 Å². The fraction of sp³-hybridized carbons (Fsp3) is 0.462. The molecule has 0 radical (unpaired) electrons. The summed E-state index contributed by atoms with van der Waals surface area (Å²) in [5.74, 6) is -0.312. The van der Waals surface area contributed by atoms with E-state index in [2.05, 4.69) is 26.6 Å². The summed E-state index contributed by atoms with van der Waals surface area (Å²) >= 11 is 3.12. The fourth-order valence-electron chi connectivity index (χ4n) is 1.75. The second-order valence-electron chi connectivity index (χ2n) is 4.75. The number of nitrogens with one attached hydrogen (secondary N) is 2. The third-order valence-corrected chi connectivity index (χ3v) is 3.56. The van der Waals surface area contributed by atoms with Crippen molar-refractivity contribution in [2.75, 3.05) is 11.9 Å². The molecule has 1 aromatic rings. The summed E-state index contributed by atoms with van der Waals surface area (Å²) in [4.78, 5) is 11.7. The minimum atomic E-state index is -0.318. The van der Waals surface area contributed by atoms with Gasteiger partial charge in [-0.3, -0.25) is 4.79 Å². The highest BCUT2D eigenvalue weighted by molar-refractivity contribution is 9.10. The number of benzene rings is 1. The molecule has 0 bridgehead atoms. The summed E-state index contributed by atoms with van der Waals surface area (Å²) in [6, 6.07) is 4.82. The number of halogens is 2. The zero-order valence-corrected chi connectivity index (χ0v) is 12.0. The Balaban J connectivity index is 1.89. The summed E-state index contributed by atoms with van der Waals surface area (Å²) in [6.07, 6.45) is 2.46. The molecule has 0 aromatic heterocycles. The average molecular weight is 330 g/mol. The smallest absolute Gasteiger partial charge is 0.222 e. The Morgan fingerprint density at radius 3 is 2.84 bits per heavy atom. The molecule has 4 nitrogen and oxygen atoms in total. The second-order valence-corrected chi connectivity index (χ2v) is 5.61. The number of hydrogen-bond acceptors (Lipinski definition) is 3. The van der Waals surface area contributed by atoms with Crippen LogP contribution in [-0.4, -0.2) is 24.5 Å². The van der Waals surface area contributed by atoms with Gasteiger partial charge in [-0.2, -0.15) is 0 Å². The molecule has 1 aliphatic carbocycles. The molecule has 1 saturated carbocycles. The van der Waals surface area contributed by atoms with Crippen molar-refractivity contribution < 1.29 is 9.18 Å². The normalized spacial score (nSPS) is 15.9. The van der Waals surface area contributed by atoms with Gasteiger partial charge >= 0.3 is 0 Å². The molecule has 1 fully saturated rings. The van der Waals surface area contributed by atoms with Crippen LogP contribution in [-0.2, 0) is 4.79 Å². The third kappa shape index (κ3) is 4.47. The van der Waals surface area contributed by atoms with E-state index in [4.69, 9.17) is 5.73 Å². The van der Waals surface area contributed by atoms with Gasteiger partial charge in [-0.1, -0.05) is 0 Å². The van der Waals surface area contributed by atoms with E-state index in [1.807, 2.05) is 0 Å². The van der Waals surface area contributed by atoms with Crippen LogP contribution in [0.25, 0.3) is 0 Å². The van der Waals surface area contributed by atoms with Gasteiger partial charge in [-0.05, 0) is 47.0 Å². The molecular formula is C13H17BrFN3O. The Morgan fingerprint density at radius 2 is 2.26 bits per heavy atom. The standard InChI is InChI=1S/C13H17BrFN3O/c14-11-5-9(3-4-12(11)15)17-10(7-16)6-13(19)18-8-1-2-8/h3-5,8,10,17H,1-2,6-7,16H2,(H,18,19). The number of nitrogens with two attached hydrogens (primary N) is 1. The molecule has 1 aromatic carbocycles. The summed E-state index contributed by atoms with van der Waals surface area (Å²) in [5, 5.41) is 6.06. The molecule has 1 amide bonds. The van der Waals surface area contributed by atoms with Crippen LogP contribution < -0.4 is 16.4 Å². The first-order valence-electron chi connectivity index (χ1n) is 6.29. The first-order chi connectivity index (χ1) is 9.08. The lowest BCUT2D eigenvalue weighted by Crippen LogP contribution is -2.36. The van der Waals surface area contributed by atoms with E-state index >= 15 is 0 Å². The molecule has 19 heavy (non-hydrogen) atoms. The van der Waals surface area contributed by atoms with Crippen LogP contribution in [0.5, 0.6) is 0 Å². The van der Waals surface area contributed by atoms with Crippen molar-refractivity contribution in [2.24, 2.45) is 5.73 Å². The molecule has 2 rings (SSSR count). The Labute approximate surface area is 120 Å². The number of anilines is 1.